The van der Waals surface area contributed by atoms with Crippen LogP contribution < -0.4 is 16.8 Å². The highest BCUT2D eigenvalue weighted by Gasteiger charge is 2.26. The van der Waals surface area contributed by atoms with Gasteiger partial charge in [0.2, 0.25) is 5.91 Å². The molecule has 0 spiro atoms. The van der Waals surface area contributed by atoms with Crippen LogP contribution in [0.25, 0.3) is 0 Å². The predicted molar refractivity (Wildman–Crippen MR) is 96.9 cm³/mol. The summed E-state index contributed by atoms with van der Waals surface area (Å²) in [5.74, 6) is -1.83. The number of carbonyl (C=O) groups is 3. The lowest BCUT2D eigenvalue weighted by molar-refractivity contribution is -0.143. The highest BCUT2D eigenvalue weighted by Crippen LogP contribution is 2.06. The van der Waals surface area contributed by atoms with Crippen molar-refractivity contribution in [2.75, 3.05) is 0 Å². The first-order chi connectivity index (χ1) is 11.3. The second kappa shape index (κ2) is 12.7. The summed E-state index contributed by atoms with van der Waals surface area (Å²) in [6.07, 6.45) is 1.10. The molecule has 0 aliphatic heterocycles. The molecule has 3 atom stereocenters. The number of nitrogens with two attached hydrogens (primary N) is 2. The van der Waals surface area contributed by atoms with Crippen LogP contribution in [0.2, 0.25) is 0 Å². The summed E-state index contributed by atoms with van der Waals surface area (Å²) in [5, 5.41) is 19.7. The SMILES string of the molecule is CC(C)C[C@@H](N)C(=O)N[C@H](C(=O)O)C(C)C.CC(C)C[C@@H](N)C(=O)O. The molecule has 0 aliphatic rings. The van der Waals surface area contributed by atoms with Crippen molar-refractivity contribution in [3.05, 3.63) is 0 Å². The van der Waals surface area contributed by atoms with Crippen LogP contribution in [-0.2, 0) is 14.4 Å². The first-order valence-corrected chi connectivity index (χ1v) is 8.56. The zero-order chi connectivity index (χ0) is 20.3. The van der Waals surface area contributed by atoms with Crippen molar-refractivity contribution in [2.45, 2.75) is 72.5 Å². The molecular weight excluding hydrogens is 326 g/mol. The van der Waals surface area contributed by atoms with Crippen LogP contribution >= 0.6 is 0 Å². The van der Waals surface area contributed by atoms with Gasteiger partial charge in [0.25, 0.3) is 0 Å². The van der Waals surface area contributed by atoms with Crippen LogP contribution in [0, 0.1) is 17.8 Å². The van der Waals surface area contributed by atoms with E-state index in [1.807, 2.05) is 27.7 Å². The maximum absolute atomic E-state index is 11.6. The Morgan fingerprint density at radius 3 is 1.44 bits per heavy atom. The van der Waals surface area contributed by atoms with Crippen LogP contribution in [0.3, 0.4) is 0 Å². The summed E-state index contributed by atoms with van der Waals surface area (Å²) in [5.41, 5.74) is 10.9. The standard InChI is InChI=1S/C11H22N2O3.C6H13NO2/c1-6(2)5-8(12)10(14)13-9(7(3)4)11(15)16;1-4(2)3-5(7)6(8)9/h6-9H,5,12H2,1-4H3,(H,13,14)(H,15,16);4-5H,3,7H2,1-2H3,(H,8,9)/t8-,9+;5-/m11/s1. The zero-order valence-electron chi connectivity index (χ0n) is 16.2. The molecule has 8 nitrogen and oxygen atoms in total. The highest BCUT2D eigenvalue weighted by molar-refractivity contribution is 5.86. The number of carboxylic acids is 2. The molecule has 0 rings (SSSR count). The molecule has 0 heterocycles. The smallest absolute Gasteiger partial charge is 0.326 e. The van der Waals surface area contributed by atoms with Crippen molar-refractivity contribution in [1.82, 2.24) is 5.32 Å². The first-order valence-electron chi connectivity index (χ1n) is 8.56. The quantitative estimate of drug-likeness (QED) is 0.410. The van der Waals surface area contributed by atoms with Crippen LogP contribution in [0.5, 0.6) is 0 Å². The van der Waals surface area contributed by atoms with E-state index >= 15 is 0 Å². The normalized spacial score (nSPS) is 14.5. The van der Waals surface area contributed by atoms with E-state index in [4.69, 9.17) is 21.7 Å². The van der Waals surface area contributed by atoms with Gasteiger partial charge in [-0.1, -0.05) is 41.5 Å². The lowest BCUT2D eigenvalue weighted by Gasteiger charge is -2.21. The number of aliphatic carboxylic acids is 2. The Kier molecular flexibility index (Phi) is 12.9. The maximum atomic E-state index is 11.6. The van der Waals surface area contributed by atoms with Gasteiger partial charge in [0.15, 0.2) is 0 Å². The van der Waals surface area contributed by atoms with Gasteiger partial charge in [-0.05, 0) is 30.6 Å². The Morgan fingerprint density at radius 2 is 1.20 bits per heavy atom. The Morgan fingerprint density at radius 1 is 0.800 bits per heavy atom. The van der Waals surface area contributed by atoms with E-state index in [9.17, 15) is 14.4 Å². The largest absolute Gasteiger partial charge is 0.480 e. The van der Waals surface area contributed by atoms with Crippen molar-refractivity contribution in [2.24, 2.45) is 29.2 Å². The van der Waals surface area contributed by atoms with Gasteiger partial charge < -0.3 is 27.0 Å². The van der Waals surface area contributed by atoms with Gasteiger partial charge >= 0.3 is 11.9 Å². The average Bonchev–Trinajstić information content (AvgIpc) is 2.42. The molecule has 0 bridgehead atoms. The fourth-order valence-electron chi connectivity index (χ4n) is 2.00. The monoisotopic (exact) mass is 361 g/mol. The number of nitrogens with one attached hydrogen (secondary N) is 1. The Balaban J connectivity index is 0. The van der Waals surface area contributed by atoms with E-state index < -0.39 is 36.0 Å². The lowest BCUT2D eigenvalue weighted by Crippen LogP contribution is -2.50. The number of hydrogen-bond donors (Lipinski definition) is 5. The molecule has 0 saturated heterocycles. The van der Waals surface area contributed by atoms with Crippen molar-refractivity contribution in [3.63, 3.8) is 0 Å². The summed E-state index contributed by atoms with van der Waals surface area (Å²) in [7, 11) is 0. The van der Waals surface area contributed by atoms with Crippen LogP contribution in [-0.4, -0.2) is 46.2 Å². The molecule has 0 aromatic carbocycles. The molecule has 8 heteroatoms. The van der Waals surface area contributed by atoms with Gasteiger partial charge in [-0.25, -0.2) is 4.79 Å². The predicted octanol–water partition coefficient (Wildman–Crippen LogP) is 1.03. The molecule has 7 N–H and O–H groups in total. The number of hydrogen-bond acceptors (Lipinski definition) is 5. The number of rotatable bonds is 9. The van der Waals surface area contributed by atoms with E-state index in [1.54, 1.807) is 13.8 Å². The molecule has 0 fully saturated rings. The minimum Gasteiger partial charge on any atom is -0.480 e. The molecule has 0 saturated carbocycles. The van der Waals surface area contributed by atoms with E-state index in [0.717, 1.165) is 0 Å². The third-order valence-electron chi connectivity index (χ3n) is 3.34. The third kappa shape index (κ3) is 13.3. The summed E-state index contributed by atoms with van der Waals surface area (Å²) < 4.78 is 0. The topological polar surface area (TPSA) is 156 Å². The van der Waals surface area contributed by atoms with Gasteiger partial charge in [0.05, 0.1) is 6.04 Å². The van der Waals surface area contributed by atoms with Crippen molar-refractivity contribution < 1.29 is 24.6 Å². The van der Waals surface area contributed by atoms with Crippen molar-refractivity contribution in [1.29, 1.82) is 0 Å². The molecule has 0 aliphatic carbocycles. The highest BCUT2D eigenvalue weighted by atomic mass is 16.4. The molecule has 0 aromatic heterocycles. The van der Waals surface area contributed by atoms with Gasteiger partial charge in [-0.15, -0.1) is 0 Å². The summed E-state index contributed by atoms with van der Waals surface area (Å²) in [6, 6.07) is -2.20. The third-order valence-corrected chi connectivity index (χ3v) is 3.34. The van der Waals surface area contributed by atoms with Crippen molar-refractivity contribution in [3.8, 4) is 0 Å². The molecule has 25 heavy (non-hydrogen) atoms. The minimum atomic E-state index is -1.03. The second-order valence-electron chi connectivity index (χ2n) is 7.38. The maximum Gasteiger partial charge on any atom is 0.326 e. The Labute approximate surface area is 150 Å². The lowest BCUT2D eigenvalue weighted by atomic mass is 10.0. The van der Waals surface area contributed by atoms with Crippen LogP contribution in [0.15, 0.2) is 0 Å². The van der Waals surface area contributed by atoms with Gasteiger partial charge in [-0.3, -0.25) is 9.59 Å². The molecule has 0 unspecified atom stereocenters. The minimum absolute atomic E-state index is 0.160. The van der Waals surface area contributed by atoms with Crippen LogP contribution in [0.1, 0.15) is 54.4 Å². The second-order valence-corrected chi connectivity index (χ2v) is 7.38. The number of carbonyl (C=O) groups excluding carboxylic acids is 1. The van der Waals surface area contributed by atoms with Crippen molar-refractivity contribution >= 4 is 17.8 Å². The van der Waals surface area contributed by atoms with E-state index in [1.165, 1.54) is 0 Å². The zero-order valence-corrected chi connectivity index (χ0v) is 16.2. The fourth-order valence-corrected chi connectivity index (χ4v) is 2.00. The summed E-state index contributed by atoms with van der Waals surface area (Å²) in [6.45, 7) is 11.3. The van der Waals surface area contributed by atoms with E-state index in [0.29, 0.717) is 24.7 Å². The fraction of sp³-hybridized carbons (Fsp3) is 0.824. The molecule has 148 valence electrons. The van der Waals surface area contributed by atoms with Crippen LogP contribution in [0.4, 0.5) is 0 Å². The molecular formula is C17H35N3O5. The Hall–Kier alpha value is -1.67. The average molecular weight is 361 g/mol. The molecule has 0 aromatic rings. The van der Waals surface area contributed by atoms with E-state index in [-0.39, 0.29) is 5.92 Å². The van der Waals surface area contributed by atoms with E-state index in [2.05, 4.69) is 5.32 Å². The number of amides is 1. The molecule has 0 radical (unpaired) electrons. The molecule has 1 amide bonds. The van der Waals surface area contributed by atoms with Gasteiger partial charge in [0, 0.05) is 0 Å². The van der Waals surface area contributed by atoms with Gasteiger partial charge in [0.1, 0.15) is 12.1 Å². The van der Waals surface area contributed by atoms with Gasteiger partial charge in [-0.2, -0.15) is 0 Å². The summed E-state index contributed by atoms with van der Waals surface area (Å²) >= 11 is 0. The number of carboxylic acid groups (broad SMARTS) is 2. The first kappa shape index (κ1) is 25.6. The Bertz CT molecular complexity index is 425. The summed E-state index contributed by atoms with van der Waals surface area (Å²) in [4.78, 5) is 32.6.